The molecule has 10 heteroatoms. The number of aromatic nitrogens is 1. The Balaban J connectivity index is 1.59. The number of pyridine rings is 1. The van der Waals surface area contributed by atoms with E-state index in [0.717, 1.165) is 0 Å². The lowest BCUT2D eigenvalue weighted by Gasteiger charge is -2.32. The van der Waals surface area contributed by atoms with E-state index in [1.165, 1.54) is 17.6 Å². The van der Waals surface area contributed by atoms with Crippen molar-refractivity contribution in [3.63, 3.8) is 0 Å². The third-order valence-corrected chi connectivity index (χ3v) is 7.34. The zero-order valence-electron chi connectivity index (χ0n) is 20.2. The first-order chi connectivity index (χ1) is 17.1. The minimum atomic E-state index is -1.95. The number of allylic oxidation sites excluding steroid dienone is 1. The Hall–Kier alpha value is -3.79. The van der Waals surface area contributed by atoms with Gasteiger partial charge in [-0.3, -0.25) is 14.4 Å². The summed E-state index contributed by atoms with van der Waals surface area (Å²) in [4.78, 5) is 50.5. The van der Waals surface area contributed by atoms with Crippen molar-refractivity contribution < 1.29 is 28.6 Å². The van der Waals surface area contributed by atoms with Crippen LogP contribution in [0.4, 0.5) is 10.1 Å². The molecule has 0 bridgehead atoms. The number of aliphatic hydroxyl groups is 1. The van der Waals surface area contributed by atoms with Crippen molar-refractivity contribution in [1.29, 1.82) is 0 Å². The average molecular weight is 496 g/mol. The summed E-state index contributed by atoms with van der Waals surface area (Å²) in [6.45, 7) is 4.55. The molecular formula is C26H26FN3O6. The van der Waals surface area contributed by atoms with Crippen molar-refractivity contribution >= 4 is 29.0 Å². The van der Waals surface area contributed by atoms with Gasteiger partial charge in [-0.05, 0) is 55.5 Å². The van der Waals surface area contributed by atoms with Gasteiger partial charge in [0.05, 0.1) is 28.7 Å². The Morgan fingerprint density at radius 3 is 2.72 bits per heavy atom. The summed E-state index contributed by atoms with van der Waals surface area (Å²) in [5, 5.41) is 16.8. The van der Waals surface area contributed by atoms with Gasteiger partial charge < -0.3 is 25.0 Å². The first-order valence-electron chi connectivity index (χ1n) is 11.8. The molecule has 1 amide bonds. The average Bonchev–Trinajstić information content (AvgIpc) is 3.24. The normalized spacial score (nSPS) is 22.2. The van der Waals surface area contributed by atoms with Crippen LogP contribution in [-0.4, -0.2) is 33.4 Å². The Labute approximate surface area is 206 Å². The van der Waals surface area contributed by atoms with Crippen LogP contribution in [0.15, 0.2) is 23.0 Å². The Kier molecular flexibility index (Phi) is 5.59. The predicted molar refractivity (Wildman–Crippen MR) is 128 cm³/mol. The topological polar surface area (TPSA) is 127 Å². The van der Waals surface area contributed by atoms with E-state index in [1.807, 2.05) is 0 Å². The van der Waals surface area contributed by atoms with E-state index in [-0.39, 0.29) is 48.1 Å². The lowest BCUT2D eigenvalue weighted by molar-refractivity contribution is -0.172. The summed E-state index contributed by atoms with van der Waals surface area (Å²) < 4.78 is 21.4. The van der Waals surface area contributed by atoms with E-state index < -0.39 is 29.0 Å². The Bertz CT molecular complexity index is 1440. The van der Waals surface area contributed by atoms with Crippen LogP contribution in [0.2, 0.25) is 0 Å². The molecule has 188 valence electrons. The van der Waals surface area contributed by atoms with E-state index in [1.54, 1.807) is 26.0 Å². The highest BCUT2D eigenvalue weighted by Gasteiger charge is 2.45. The molecule has 1 aromatic carbocycles. The summed E-state index contributed by atoms with van der Waals surface area (Å²) in [5.41, 5.74) is 0.368. The van der Waals surface area contributed by atoms with Crippen LogP contribution < -0.4 is 16.2 Å². The summed E-state index contributed by atoms with van der Waals surface area (Å²) in [6.07, 6.45) is 2.52. The smallest absolute Gasteiger partial charge is 0.343 e. The molecule has 1 aromatic heterocycles. The van der Waals surface area contributed by atoms with E-state index in [0.29, 0.717) is 40.9 Å². The summed E-state index contributed by atoms with van der Waals surface area (Å²) >= 11 is 0. The van der Waals surface area contributed by atoms with Crippen LogP contribution in [0.1, 0.15) is 65.0 Å². The zero-order valence-corrected chi connectivity index (χ0v) is 20.2. The molecule has 0 spiro atoms. The number of nitrogens with zero attached hydrogens (tertiary/aromatic N) is 1. The van der Waals surface area contributed by atoms with Gasteiger partial charge in [0.1, 0.15) is 12.4 Å². The second kappa shape index (κ2) is 8.41. The van der Waals surface area contributed by atoms with Crippen molar-refractivity contribution in [2.75, 3.05) is 5.32 Å². The van der Waals surface area contributed by atoms with E-state index in [2.05, 4.69) is 10.6 Å². The van der Waals surface area contributed by atoms with Crippen LogP contribution in [-0.2, 0) is 39.5 Å². The highest BCUT2D eigenvalue weighted by atomic mass is 19.1. The number of hydrogen-bond acceptors (Lipinski definition) is 7. The van der Waals surface area contributed by atoms with Crippen molar-refractivity contribution in [3.8, 4) is 0 Å². The van der Waals surface area contributed by atoms with Gasteiger partial charge >= 0.3 is 5.97 Å². The third-order valence-electron chi connectivity index (χ3n) is 7.34. The van der Waals surface area contributed by atoms with E-state index >= 15 is 0 Å². The quantitative estimate of drug-likeness (QED) is 0.554. The zero-order chi connectivity index (χ0) is 25.9. The molecule has 1 aliphatic carbocycles. The van der Waals surface area contributed by atoms with Crippen LogP contribution in [0.3, 0.4) is 0 Å². The highest BCUT2D eigenvalue weighted by Crippen LogP contribution is 2.38. The Morgan fingerprint density at radius 1 is 1.28 bits per heavy atom. The second-order valence-electron chi connectivity index (χ2n) is 9.41. The summed E-state index contributed by atoms with van der Waals surface area (Å²) in [7, 11) is 0. The first kappa shape index (κ1) is 23.9. The third kappa shape index (κ3) is 3.47. The van der Waals surface area contributed by atoms with Gasteiger partial charge in [0.2, 0.25) is 5.91 Å². The molecule has 3 heterocycles. The molecular weight excluding hydrogens is 469 g/mol. The predicted octanol–water partition coefficient (Wildman–Crippen LogP) is 2.05. The number of ether oxygens (including phenoxy) is 1. The lowest BCUT2D eigenvalue weighted by atomic mass is 9.83. The number of amides is 1. The molecule has 2 aliphatic heterocycles. The minimum absolute atomic E-state index is 0.0178. The number of esters is 1. The molecule has 0 fully saturated rings. The minimum Gasteiger partial charge on any atom is -0.458 e. The number of carbonyl (C=O) groups is 3. The van der Waals surface area contributed by atoms with Crippen LogP contribution in [0.25, 0.3) is 5.70 Å². The van der Waals surface area contributed by atoms with Gasteiger partial charge in [0.15, 0.2) is 11.4 Å². The van der Waals surface area contributed by atoms with Gasteiger partial charge in [-0.15, -0.1) is 0 Å². The maximum atomic E-state index is 14.9. The number of anilines is 1. The van der Waals surface area contributed by atoms with Crippen molar-refractivity contribution in [3.05, 3.63) is 67.9 Å². The van der Waals surface area contributed by atoms with Gasteiger partial charge in [-0.1, -0.05) is 6.92 Å². The summed E-state index contributed by atoms with van der Waals surface area (Å²) in [5.74, 6) is -1.94. The number of nitrogens with one attached hydrogen (secondary N) is 2. The SMILES string of the molecule is CC[C@@]1(O)C(=O)OCc2c1cc1n(c2=O)CC=C1Nc1cc(F)c(C)c2c1C(=O)[C@@H](NC(C)=O)CC2. The van der Waals surface area contributed by atoms with Gasteiger partial charge in [0, 0.05) is 24.6 Å². The van der Waals surface area contributed by atoms with Gasteiger partial charge in [0.25, 0.3) is 5.56 Å². The fourth-order valence-corrected chi connectivity index (χ4v) is 5.32. The van der Waals surface area contributed by atoms with E-state index in [9.17, 15) is 28.7 Å². The number of Topliss-reactive ketones (excluding diaryl/α,β-unsaturated/α-hetero) is 1. The largest absolute Gasteiger partial charge is 0.458 e. The van der Waals surface area contributed by atoms with Crippen molar-refractivity contribution in [2.45, 2.75) is 64.8 Å². The number of ketones is 1. The van der Waals surface area contributed by atoms with Crippen molar-refractivity contribution in [2.24, 2.45) is 0 Å². The maximum Gasteiger partial charge on any atom is 0.343 e. The molecule has 3 aliphatic rings. The molecule has 5 rings (SSSR count). The molecule has 2 aromatic rings. The second-order valence-corrected chi connectivity index (χ2v) is 9.41. The number of benzene rings is 1. The number of fused-ring (bicyclic) bond motifs is 3. The summed E-state index contributed by atoms with van der Waals surface area (Å²) in [6, 6.07) is 2.10. The van der Waals surface area contributed by atoms with Gasteiger partial charge in [-0.2, -0.15) is 0 Å². The Morgan fingerprint density at radius 2 is 2.03 bits per heavy atom. The van der Waals surface area contributed by atoms with Crippen molar-refractivity contribution in [1.82, 2.24) is 9.88 Å². The molecule has 0 saturated carbocycles. The monoisotopic (exact) mass is 495 g/mol. The molecule has 36 heavy (non-hydrogen) atoms. The fourth-order valence-electron chi connectivity index (χ4n) is 5.32. The number of cyclic esters (lactones) is 1. The molecule has 0 unspecified atom stereocenters. The van der Waals surface area contributed by atoms with Crippen LogP contribution in [0.5, 0.6) is 0 Å². The number of rotatable bonds is 4. The standard InChI is InChI=1S/C26H26FN3O6/c1-4-26(35)16-9-21-18(7-8-30(21)24(33)15(16)11-36-25(26)34)29-20-10-17(27)12(2)14-5-6-19(28-13(3)31)23(32)22(14)20/h7,9-10,19,29,35H,4-6,8,11H2,1-3H3,(H,28,31)/t19-,26-/m0/s1. The number of carbonyl (C=O) groups excluding carboxylic acids is 3. The van der Waals surface area contributed by atoms with Crippen LogP contribution >= 0.6 is 0 Å². The molecule has 0 radical (unpaired) electrons. The molecule has 3 N–H and O–H groups in total. The number of halogens is 1. The molecule has 0 saturated heterocycles. The van der Waals surface area contributed by atoms with Crippen LogP contribution in [0, 0.1) is 12.7 Å². The highest BCUT2D eigenvalue weighted by molar-refractivity contribution is 6.09. The van der Waals surface area contributed by atoms with Gasteiger partial charge in [-0.25, -0.2) is 9.18 Å². The molecule has 2 atom stereocenters. The first-order valence-corrected chi connectivity index (χ1v) is 11.8. The van der Waals surface area contributed by atoms with E-state index in [4.69, 9.17) is 4.74 Å². The lowest BCUT2D eigenvalue weighted by Crippen LogP contribution is -2.44. The number of hydrogen-bond donors (Lipinski definition) is 3. The maximum absolute atomic E-state index is 14.9. The fraction of sp³-hybridized carbons (Fsp3) is 0.385. The molecule has 9 nitrogen and oxygen atoms in total.